The van der Waals surface area contributed by atoms with Crippen LogP contribution in [0.4, 0.5) is 27.6 Å². The highest BCUT2D eigenvalue weighted by molar-refractivity contribution is 8.02. The third-order valence-corrected chi connectivity index (χ3v) is 8.93. The van der Waals surface area contributed by atoms with Gasteiger partial charge in [-0.05, 0) is 66.7 Å². The van der Waals surface area contributed by atoms with Crippen LogP contribution in [-0.4, -0.2) is 66.6 Å². The number of aliphatic hydroxyl groups is 1. The van der Waals surface area contributed by atoms with Gasteiger partial charge in [0.05, 0.1) is 30.9 Å². The predicted molar refractivity (Wildman–Crippen MR) is 198 cm³/mol. The molecule has 12 heteroatoms. The summed E-state index contributed by atoms with van der Waals surface area (Å²) in [7, 11) is -3.16. The van der Waals surface area contributed by atoms with Gasteiger partial charge >= 0.3 is 6.18 Å². The normalized spacial score (nSPS) is 26.8. The predicted octanol–water partition coefficient (Wildman–Crippen LogP) is 8.73. The smallest absolute Gasteiger partial charge is 0.384 e. The van der Waals surface area contributed by atoms with Crippen LogP contribution in [0.15, 0.2) is 95.9 Å². The number of carbonyl (C=O) groups excluding carboxylic acids is 1. The minimum absolute atomic E-state index is 0.118. The van der Waals surface area contributed by atoms with Crippen molar-refractivity contribution in [3.63, 3.8) is 0 Å². The van der Waals surface area contributed by atoms with E-state index in [0.29, 0.717) is 16.7 Å². The number of nitrogens with zero attached hydrogens (tertiary/aromatic N) is 3. The monoisotopic (exact) mass is 769 g/mol. The average molecular weight is 770 g/mol. The molecule has 1 unspecified atom stereocenters. The van der Waals surface area contributed by atoms with Gasteiger partial charge in [0.1, 0.15) is 12.6 Å². The van der Waals surface area contributed by atoms with Gasteiger partial charge in [-0.1, -0.05) is 66.2 Å². The van der Waals surface area contributed by atoms with Crippen molar-refractivity contribution in [2.24, 2.45) is 0 Å². The lowest BCUT2D eigenvalue weighted by Crippen LogP contribution is -2.50. The highest BCUT2D eigenvalue weighted by Crippen LogP contribution is 2.41. The third-order valence-electron chi connectivity index (χ3n) is 7.86. The first-order chi connectivity index (χ1) is 32.4. The number of carbonyl (C=O) groups is 1. The second-order valence-electron chi connectivity index (χ2n) is 11.5. The van der Waals surface area contributed by atoms with Gasteiger partial charge in [-0.25, -0.2) is 8.78 Å². The number of likely N-dealkylation sites (tertiary alicyclic amines) is 1. The lowest BCUT2D eigenvalue weighted by Gasteiger charge is -2.40. The molecule has 0 spiro atoms. The van der Waals surface area contributed by atoms with Gasteiger partial charge in [0, 0.05) is 72.6 Å². The van der Waals surface area contributed by atoms with Gasteiger partial charge in [0.25, 0.3) is 0 Å². The van der Waals surface area contributed by atoms with Gasteiger partial charge < -0.3 is 24.5 Å². The van der Waals surface area contributed by atoms with Crippen LogP contribution >= 0.6 is 11.8 Å². The molecule has 2 aliphatic heterocycles. The summed E-state index contributed by atoms with van der Waals surface area (Å²) < 4.78 is 233. The lowest BCUT2D eigenvalue weighted by atomic mass is 9.99. The molecule has 1 saturated heterocycles. The lowest BCUT2D eigenvalue weighted by molar-refractivity contribution is -0.137. The van der Waals surface area contributed by atoms with Crippen molar-refractivity contribution in [3.05, 3.63) is 135 Å². The molecule has 2 aliphatic rings. The van der Waals surface area contributed by atoms with Crippen LogP contribution in [0, 0.1) is 18.6 Å². The molecule has 280 valence electrons. The first-order valence-electron chi connectivity index (χ1n) is 24.8. The Balaban J connectivity index is 1.59. The molecule has 2 heterocycles. The molecular weight excluding hydrogens is 710 g/mol. The molecule has 4 aromatic rings. The average Bonchev–Trinajstić information content (AvgIpc) is 3.27. The number of piperidine rings is 1. The summed E-state index contributed by atoms with van der Waals surface area (Å²) in [4.78, 5) is 15.6. The number of alkyl halides is 3. The largest absolute Gasteiger partial charge is 0.416 e. The zero-order chi connectivity index (χ0) is 53.6. The maximum Gasteiger partial charge on any atom is 0.416 e. The number of rotatable bonds is 12. The number of fused-ring (bicyclic) bond motifs is 1. The minimum atomic E-state index is -4.70. The van der Waals surface area contributed by atoms with E-state index >= 15 is 9.18 Å². The van der Waals surface area contributed by atoms with Gasteiger partial charge in [-0.15, -0.1) is 11.8 Å². The Morgan fingerprint density at radius 2 is 1.79 bits per heavy atom. The molecule has 4 aromatic carbocycles. The van der Waals surface area contributed by atoms with Crippen LogP contribution in [0.3, 0.4) is 0 Å². The van der Waals surface area contributed by atoms with E-state index in [0.717, 1.165) is 66.7 Å². The van der Waals surface area contributed by atoms with Crippen LogP contribution in [0.2, 0.25) is 0 Å². The standard InChI is InChI=1S/C41H42F5N3O3S/c1-27-6-15-36-34(22-27)37(50)23-39(53-26-31-4-3-5-35(42)40(31)43)49(36)25-38(51)48(33-16-18-47(19-17-33)20-21-52-2)24-28-7-9-29(10-8-28)30-11-13-32(14-12-30)41(44,45)46/h3-15,22-23,33,37,50H,16-21,24-26H2,1-2H3/i2D3,6D,15D,16D2,17D2,18D2,19D2,22D,23D,24D2,33D. The zero-order valence-electron chi connectivity index (χ0n) is 45.7. The highest BCUT2D eigenvalue weighted by atomic mass is 32.2. The maximum absolute atomic E-state index is 15.5. The summed E-state index contributed by atoms with van der Waals surface area (Å²) in [5.41, 5.74) is -3.25. The molecule has 1 amide bonds. The van der Waals surface area contributed by atoms with E-state index in [1.165, 1.54) is 6.92 Å². The van der Waals surface area contributed by atoms with Gasteiger partial charge in [0.2, 0.25) is 5.91 Å². The summed E-state index contributed by atoms with van der Waals surface area (Å²) >= 11 is 0.429. The van der Waals surface area contributed by atoms with Crippen molar-refractivity contribution in [1.82, 2.24) is 9.80 Å². The van der Waals surface area contributed by atoms with E-state index in [9.17, 15) is 32.3 Å². The third kappa shape index (κ3) is 9.29. The summed E-state index contributed by atoms with van der Waals surface area (Å²) in [5.74, 6) is -5.18. The fourth-order valence-electron chi connectivity index (χ4n) is 5.20. The van der Waals surface area contributed by atoms with E-state index in [1.807, 2.05) is 0 Å². The summed E-state index contributed by atoms with van der Waals surface area (Å²) in [6, 6.07) is 3.39. The van der Waals surface area contributed by atoms with E-state index in [-0.39, 0.29) is 27.2 Å². The van der Waals surface area contributed by atoms with Crippen LogP contribution in [0.1, 0.15) is 71.3 Å². The Kier molecular flexibility index (Phi) is 6.87. The maximum atomic E-state index is 15.5. The fraction of sp³-hybridized carbons (Fsp3) is 0.341. The van der Waals surface area contributed by atoms with Crippen molar-refractivity contribution in [2.45, 2.75) is 50.2 Å². The van der Waals surface area contributed by atoms with Crippen LogP contribution < -0.4 is 4.90 Å². The number of methoxy groups -OCH3 is 1. The Morgan fingerprint density at radius 1 is 1.09 bits per heavy atom. The Hall–Kier alpha value is -4.23. The van der Waals surface area contributed by atoms with E-state index in [2.05, 4.69) is 4.74 Å². The number of halogens is 5. The minimum Gasteiger partial charge on any atom is -0.384 e. The molecular formula is C41H42F5N3O3S. The number of amides is 1. The van der Waals surface area contributed by atoms with Crippen molar-refractivity contribution in [1.29, 1.82) is 0 Å². The SMILES string of the molecule is [2H]C1=C(SCc2cccc(F)c2F)N(CC(=O)N(C([2H])([2H])c2ccc(-c3ccc(C(F)(F)F)cc3)cc2)C2([2H])C([2H])([2H])C([2H])([2H])N(CCOC([2H])([2H])[2H])C([2H])([2H])C2([2H])[2H])c2c([2H])c([2H])c(C)c([2H])c2C1O. The molecule has 1 N–H and O–H groups in total. The number of hydrogen-bond donors (Lipinski definition) is 1. The van der Waals surface area contributed by atoms with E-state index < -0.39 is 157 Å². The number of benzene rings is 4. The Bertz CT molecular complexity index is 2720. The van der Waals surface area contributed by atoms with Crippen LogP contribution in [0.5, 0.6) is 0 Å². The zero-order valence-corrected chi connectivity index (χ0v) is 28.5. The highest BCUT2D eigenvalue weighted by Gasteiger charge is 2.33. The van der Waals surface area contributed by atoms with Crippen molar-refractivity contribution in [3.8, 4) is 11.1 Å². The van der Waals surface area contributed by atoms with Gasteiger partial charge in [-0.3, -0.25) is 4.79 Å². The quantitative estimate of drug-likeness (QED) is 0.146. The second kappa shape index (κ2) is 16.8. The van der Waals surface area contributed by atoms with Crippen LogP contribution in [0.25, 0.3) is 11.1 Å². The van der Waals surface area contributed by atoms with Gasteiger partial charge in [0.15, 0.2) is 11.6 Å². The van der Waals surface area contributed by atoms with Crippen LogP contribution in [-0.2, 0) is 28.0 Å². The number of aliphatic hydroxyl groups excluding tert-OH is 1. The number of anilines is 1. The molecule has 0 saturated carbocycles. The topological polar surface area (TPSA) is 56.3 Å². The summed E-state index contributed by atoms with van der Waals surface area (Å²) in [6.45, 7) is -14.4. The first kappa shape index (κ1) is 21.6. The molecule has 53 heavy (non-hydrogen) atoms. The summed E-state index contributed by atoms with van der Waals surface area (Å²) in [5, 5.41) is 10.9. The van der Waals surface area contributed by atoms with Gasteiger partial charge in [-0.2, -0.15) is 13.2 Å². The van der Waals surface area contributed by atoms with Crippen molar-refractivity contribution < 1.29 is 61.3 Å². The molecule has 6 nitrogen and oxygen atoms in total. The molecule has 1 atom stereocenters. The number of hydrogen-bond acceptors (Lipinski definition) is 6. The number of ether oxygens (including phenoxy) is 1. The number of thioether (sulfide) groups is 1. The molecule has 6 rings (SSSR count). The molecule has 0 aliphatic carbocycles. The van der Waals surface area contributed by atoms with Crippen molar-refractivity contribution >= 4 is 23.4 Å². The fourth-order valence-corrected chi connectivity index (χ4v) is 6.22. The molecule has 0 bridgehead atoms. The second-order valence-corrected chi connectivity index (χ2v) is 12.5. The Morgan fingerprint density at radius 3 is 2.47 bits per heavy atom. The molecule has 0 radical (unpaired) electrons. The van der Waals surface area contributed by atoms with E-state index in [1.54, 1.807) is 0 Å². The molecule has 1 fully saturated rings. The molecule has 0 aromatic heterocycles. The first-order valence-corrected chi connectivity index (χ1v) is 16.7. The summed E-state index contributed by atoms with van der Waals surface area (Å²) in [6.07, 6.45) is -15.4. The Labute approximate surface area is 336 Å². The van der Waals surface area contributed by atoms with E-state index in [4.69, 9.17) is 15.1 Å². The van der Waals surface area contributed by atoms with Crippen molar-refractivity contribution in [2.75, 3.05) is 44.6 Å².